The van der Waals surface area contributed by atoms with E-state index in [1.807, 2.05) is 6.92 Å². The van der Waals surface area contributed by atoms with Crippen molar-refractivity contribution in [2.45, 2.75) is 13.0 Å². The van der Waals surface area contributed by atoms with E-state index in [9.17, 15) is 0 Å². The van der Waals surface area contributed by atoms with E-state index in [1.54, 1.807) is 25.7 Å². The number of hydrogen-bond acceptors (Lipinski definition) is 4. The summed E-state index contributed by atoms with van der Waals surface area (Å²) < 4.78 is 5.06. The van der Waals surface area contributed by atoms with Gasteiger partial charge in [0.1, 0.15) is 5.82 Å². The molecule has 0 aliphatic heterocycles. The number of hydrogen-bond donors (Lipinski definition) is 1. The van der Waals surface area contributed by atoms with Crippen LogP contribution in [0.2, 0.25) is 0 Å². The third-order valence-corrected chi connectivity index (χ3v) is 1.54. The highest BCUT2D eigenvalue weighted by atomic mass is 16.5. The lowest BCUT2D eigenvalue weighted by molar-refractivity contribution is 0.128. The largest absolute Gasteiger partial charge is 0.380 e. The van der Waals surface area contributed by atoms with E-state index in [0.717, 1.165) is 12.4 Å². The highest BCUT2D eigenvalue weighted by Crippen LogP contribution is 1.97. The van der Waals surface area contributed by atoms with E-state index in [1.165, 1.54) is 0 Å². The summed E-state index contributed by atoms with van der Waals surface area (Å²) in [5, 5.41) is 3.10. The van der Waals surface area contributed by atoms with Crippen molar-refractivity contribution in [1.82, 2.24) is 9.97 Å². The highest BCUT2D eigenvalue weighted by molar-refractivity contribution is 5.29. The van der Waals surface area contributed by atoms with Crippen LogP contribution in [0.4, 0.5) is 5.82 Å². The SMILES string of the molecule is COC(C)CNc1cnccn1. The second-order valence-electron chi connectivity index (χ2n) is 2.52. The topological polar surface area (TPSA) is 47.0 Å². The first kappa shape index (κ1) is 8.93. The zero-order valence-electron chi connectivity index (χ0n) is 7.32. The number of nitrogens with one attached hydrogen (secondary N) is 1. The fraction of sp³-hybridized carbons (Fsp3) is 0.500. The first-order valence-electron chi connectivity index (χ1n) is 3.85. The number of methoxy groups -OCH3 is 1. The molecule has 1 aromatic heterocycles. The molecule has 0 fully saturated rings. The van der Waals surface area contributed by atoms with Gasteiger partial charge >= 0.3 is 0 Å². The van der Waals surface area contributed by atoms with Gasteiger partial charge in [-0.25, -0.2) is 4.98 Å². The van der Waals surface area contributed by atoms with Gasteiger partial charge in [0.25, 0.3) is 0 Å². The molecule has 1 N–H and O–H groups in total. The van der Waals surface area contributed by atoms with Crippen molar-refractivity contribution >= 4 is 5.82 Å². The molecule has 4 heteroatoms. The molecule has 1 aromatic rings. The summed E-state index contributed by atoms with van der Waals surface area (Å²) >= 11 is 0. The van der Waals surface area contributed by atoms with Crippen LogP contribution in [-0.2, 0) is 4.74 Å². The first-order valence-corrected chi connectivity index (χ1v) is 3.85. The normalized spacial score (nSPS) is 12.5. The van der Waals surface area contributed by atoms with Crippen molar-refractivity contribution in [3.63, 3.8) is 0 Å². The Bertz CT molecular complexity index is 215. The smallest absolute Gasteiger partial charge is 0.144 e. The molecule has 1 unspecified atom stereocenters. The summed E-state index contributed by atoms with van der Waals surface area (Å²) in [7, 11) is 1.68. The standard InChI is InChI=1S/C8H13N3O/c1-7(12-2)5-11-8-6-9-3-4-10-8/h3-4,6-7H,5H2,1-2H3,(H,10,11). The minimum absolute atomic E-state index is 0.187. The quantitative estimate of drug-likeness (QED) is 0.724. The highest BCUT2D eigenvalue weighted by Gasteiger charge is 1.98. The summed E-state index contributed by atoms with van der Waals surface area (Å²) in [6, 6.07) is 0. The van der Waals surface area contributed by atoms with E-state index in [2.05, 4.69) is 15.3 Å². The Balaban J connectivity index is 2.33. The van der Waals surface area contributed by atoms with Crippen LogP contribution in [0.15, 0.2) is 18.6 Å². The summed E-state index contributed by atoms with van der Waals surface area (Å²) in [5.41, 5.74) is 0. The van der Waals surface area contributed by atoms with Crippen LogP contribution in [0.25, 0.3) is 0 Å². The lowest BCUT2D eigenvalue weighted by atomic mass is 10.4. The molecule has 0 spiro atoms. The van der Waals surface area contributed by atoms with E-state index < -0.39 is 0 Å². The van der Waals surface area contributed by atoms with Crippen molar-refractivity contribution in [1.29, 1.82) is 0 Å². The average Bonchev–Trinajstić information content (AvgIpc) is 2.16. The molecule has 0 aliphatic rings. The summed E-state index contributed by atoms with van der Waals surface area (Å²) in [5.74, 6) is 0.779. The van der Waals surface area contributed by atoms with E-state index in [0.29, 0.717) is 0 Å². The number of nitrogens with zero attached hydrogens (tertiary/aromatic N) is 2. The predicted octanol–water partition coefficient (Wildman–Crippen LogP) is 0.923. The molecule has 0 aliphatic carbocycles. The van der Waals surface area contributed by atoms with Crippen LogP contribution < -0.4 is 5.32 Å². The van der Waals surface area contributed by atoms with Crippen molar-refractivity contribution in [2.24, 2.45) is 0 Å². The summed E-state index contributed by atoms with van der Waals surface area (Å²) in [6.45, 7) is 2.73. The van der Waals surface area contributed by atoms with Crippen LogP contribution in [-0.4, -0.2) is 29.7 Å². The van der Waals surface area contributed by atoms with Gasteiger partial charge in [-0.2, -0.15) is 0 Å². The minimum Gasteiger partial charge on any atom is -0.380 e. The van der Waals surface area contributed by atoms with Crippen LogP contribution in [0.1, 0.15) is 6.92 Å². The Morgan fingerprint density at radius 1 is 1.58 bits per heavy atom. The maximum absolute atomic E-state index is 5.06. The molecule has 1 rings (SSSR count). The van der Waals surface area contributed by atoms with Gasteiger partial charge in [0.05, 0.1) is 12.3 Å². The molecule has 0 amide bonds. The monoisotopic (exact) mass is 167 g/mol. The second kappa shape index (κ2) is 4.66. The van der Waals surface area contributed by atoms with Crippen LogP contribution in [0.5, 0.6) is 0 Å². The maximum atomic E-state index is 5.06. The summed E-state index contributed by atoms with van der Waals surface area (Å²) in [4.78, 5) is 7.98. The van der Waals surface area contributed by atoms with Gasteiger partial charge in [0.2, 0.25) is 0 Å². The Morgan fingerprint density at radius 3 is 3.00 bits per heavy atom. The van der Waals surface area contributed by atoms with Gasteiger partial charge < -0.3 is 10.1 Å². The Morgan fingerprint density at radius 2 is 2.42 bits per heavy atom. The third kappa shape index (κ3) is 2.84. The fourth-order valence-electron chi connectivity index (χ4n) is 0.722. The molecule has 4 nitrogen and oxygen atoms in total. The molecule has 12 heavy (non-hydrogen) atoms. The van der Waals surface area contributed by atoms with E-state index >= 15 is 0 Å². The fourth-order valence-corrected chi connectivity index (χ4v) is 0.722. The van der Waals surface area contributed by atoms with Crippen LogP contribution in [0, 0.1) is 0 Å². The number of anilines is 1. The average molecular weight is 167 g/mol. The molecule has 0 saturated carbocycles. The minimum atomic E-state index is 0.187. The van der Waals surface area contributed by atoms with Gasteiger partial charge in [0.15, 0.2) is 0 Å². The Hall–Kier alpha value is -1.16. The Labute approximate surface area is 72.0 Å². The van der Waals surface area contributed by atoms with Crippen molar-refractivity contribution in [3.05, 3.63) is 18.6 Å². The maximum Gasteiger partial charge on any atom is 0.144 e. The molecule has 0 aromatic carbocycles. The van der Waals surface area contributed by atoms with E-state index in [4.69, 9.17) is 4.74 Å². The zero-order chi connectivity index (χ0) is 8.81. The van der Waals surface area contributed by atoms with Crippen molar-refractivity contribution in [3.8, 4) is 0 Å². The van der Waals surface area contributed by atoms with Crippen LogP contribution in [0.3, 0.4) is 0 Å². The van der Waals surface area contributed by atoms with Gasteiger partial charge in [-0.05, 0) is 6.92 Å². The molecule has 66 valence electrons. The van der Waals surface area contributed by atoms with Gasteiger partial charge in [-0.15, -0.1) is 0 Å². The Kier molecular flexibility index (Phi) is 3.47. The molecule has 0 bridgehead atoms. The predicted molar refractivity (Wildman–Crippen MR) is 47.0 cm³/mol. The van der Waals surface area contributed by atoms with Crippen molar-refractivity contribution < 1.29 is 4.74 Å². The third-order valence-electron chi connectivity index (χ3n) is 1.54. The second-order valence-corrected chi connectivity index (χ2v) is 2.52. The molecular weight excluding hydrogens is 154 g/mol. The van der Waals surface area contributed by atoms with Gasteiger partial charge in [-0.1, -0.05) is 0 Å². The zero-order valence-corrected chi connectivity index (χ0v) is 7.32. The van der Waals surface area contributed by atoms with Gasteiger partial charge in [-0.3, -0.25) is 4.98 Å². The molecule has 1 atom stereocenters. The lowest BCUT2D eigenvalue weighted by Gasteiger charge is -2.10. The van der Waals surface area contributed by atoms with Crippen molar-refractivity contribution in [2.75, 3.05) is 19.0 Å². The number of ether oxygens (including phenoxy) is 1. The molecule has 1 heterocycles. The van der Waals surface area contributed by atoms with Crippen LogP contribution >= 0.6 is 0 Å². The van der Waals surface area contributed by atoms with Gasteiger partial charge in [0, 0.05) is 26.0 Å². The first-order chi connectivity index (χ1) is 5.83. The molecule has 0 radical (unpaired) electrons. The lowest BCUT2D eigenvalue weighted by Crippen LogP contribution is -2.18. The summed E-state index contributed by atoms with van der Waals surface area (Å²) in [6.07, 6.45) is 5.17. The number of aromatic nitrogens is 2. The van der Waals surface area contributed by atoms with E-state index in [-0.39, 0.29) is 6.10 Å². The molecular formula is C8H13N3O. The number of rotatable bonds is 4. The molecule has 0 saturated heterocycles.